The van der Waals surface area contributed by atoms with Gasteiger partial charge in [0.2, 0.25) is 0 Å². The van der Waals surface area contributed by atoms with Crippen LogP contribution in [0.25, 0.3) is 10.9 Å². The number of aromatic nitrogens is 1. The summed E-state index contributed by atoms with van der Waals surface area (Å²) in [6, 6.07) is 12.2. The van der Waals surface area contributed by atoms with Crippen molar-refractivity contribution in [3.05, 3.63) is 63.3 Å². The highest BCUT2D eigenvalue weighted by molar-refractivity contribution is 9.10. The first-order chi connectivity index (χ1) is 16.5. The molecule has 1 N–H and O–H groups in total. The number of hydrogen-bond acceptors (Lipinski definition) is 6. The van der Waals surface area contributed by atoms with E-state index in [-0.39, 0.29) is 23.6 Å². The summed E-state index contributed by atoms with van der Waals surface area (Å²) in [5.41, 5.74) is 4.20. The minimum Gasteiger partial charge on any atom is -0.506 e. The number of phenolic OH excluding ortho intramolecular Hbond substituents is 1. The summed E-state index contributed by atoms with van der Waals surface area (Å²) < 4.78 is 13.8. The van der Waals surface area contributed by atoms with Crippen molar-refractivity contribution in [3.63, 3.8) is 0 Å². The zero-order valence-corrected chi connectivity index (χ0v) is 22.2. The molecule has 2 heterocycles. The number of hydrogen-bond donors (Lipinski definition) is 1. The van der Waals surface area contributed by atoms with E-state index in [4.69, 9.17) is 9.47 Å². The molecule has 3 aromatic rings. The van der Waals surface area contributed by atoms with Crippen LogP contribution in [0.5, 0.6) is 5.75 Å². The van der Waals surface area contributed by atoms with E-state index < -0.39 is 0 Å². The number of esters is 1. The standard InChI is InChI=1S/C26H31BrN2O4S/c1-4-33-26(31)22-21-18(16-29-11-13-32-14-12-29)24(30)19(27)15-20(21)28(3)23(22)25(34-5-2)17-9-7-6-8-10-17/h6-10,15,25,30H,4-5,11-14,16H2,1-3H3. The maximum atomic E-state index is 13.5. The number of thioether (sulfide) groups is 1. The van der Waals surface area contributed by atoms with Crippen LogP contribution in [0.15, 0.2) is 40.9 Å². The van der Waals surface area contributed by atoms with Crippen molar-refractivity contribution < 1.29 is 19.4 Å². The summed E-state index contributed by atoms with van der Waals surface area (Å²) in [4.78, 5) is 15.8. The highest BCUT2D eigenvalue weighted by Gasteiger charge is 2.32. The molecule has 0 radical (unpaired) electrons. The van der Waals surface area contributed by atoms with Crippen LogP contribution in [0.1, 0.15) is 46.3 Å². The van der Waals surface area contributed by atoms with Crippen molar-refractivity contribution >= 4 is 44.6 Å². The predicted molar refractivity (Wildman–Crippen MR) is 141 cm³/mol. The van der Waals surface area contributed by atoms with E-state index in [9.17, 15) is 9.90 Å². The predicted octanol–water partition coefficient (Wildman–Crippen LogP) is 5.50. The summed E-state index contributed by atoms with van der Waals surface area (Å²) in [5, 5.41) is 11.9. The first-order valence-corrected chi connectivity index (χ1v) is 13.5. The Labute approximate surface area is 213 Å². The molecule has 0 spiro atoms. The van der Waals surface area contributed by atoms with Gasteiger partial charge in [0.1, 0.15) is 5.75 Å². The molecule has 0 bridgehead atoms. The van der Waals surface area contributed by atoms with Crippen molar-refractivity contribution in [2.75, 3.05) is 38.7 Å². The van der Waals surface area contributed by atoms with Crippen LogP contribution >= 0.6 is 27.7 Å². The highest BCUT2D eigenvalue weighted by atomic mass is 79.9. The van der Waals surface area contributed by atoms with E-state index in [1.54, 1.807) is 11.8 Å². The molecule has 0 amide bonds. The number of phenols is 1. The summed E-state index contributed by atoms with van der Waals surface area (Å²) >= 11 is 5.33. The zero-order valence-electron chi connectivity index (χ0n) is 19.8. The van der Waals surface area contributed by atoms with Crippen molar-refractivity contribution in [2.45, 2.75) is 25.6 Å². The number of ether oxygens (including phenoxy) is 2. The Morgan fingerprint density at radius 3 is 2.59 bits per heavy atom. The second kappa shape index (κ2) is 11.2. The van der Waals surface area contributed by atoms with Gasteiger partial charge in [-0.25, -0.2) is 4.79 Å². The smallest absolute Gasteiger partial charge is 0.340 e. The summed E-state index contributed by atoms with van der Waals surface area (Å²) in [7, 11) is 1.99. The molecule has 1 saturated heterocycles. The quantitative estimate of drug-likeness (QED) is 0.376. The first-order valence-electron chi connectivity index (χ1n) is 11.6. The average Bonchev–Trinajstić information content (AvgIpc) is 3.13. The Hall–Kier alpha value is -2.00. The highest BCUT2D eigenvalue weighted by Crippen LogP contribution is 2.45. The Morgan fingerprint density at radius 2 is 1.94 bits per heavy atom. The fourth-order valence-electron chi connectivity index (χ4n) is 4.63. The molecule has 34 heavy (non-hydrogen) atoms. The average molecular weight is 548 g/mol. The van der Waals surface area contributed by atoms with Crippen molar-refractivity contribution in [2.24, 2.45) is 7.05 Å². The van der Waals surface area contributed by atoms with Gasteiger partial charge >= 0.3 is 5.97 Å². The molecule has 0 saturated carbocycles. The van der Waals surface area contributed by atoms with Gasteiger partial charge in [0.25, 0.3) is 0 Å². The first kappa shape index (κ1) is 25.1. The number of nitrogens with zero attached hydrogens (tertiary/aromatic N) is 2. The fraction of sp³-hybridized carbons (Fsp3) is 0.423. The van der Waals surface area contributed by atoms with Crippen LogP contribution in [-0.2, 0) is 23.1 Å². The van der Waals surface area contributed by atoms with E-state index >= 15 is 0 Å². The lowest BCUT2D eigenvalue weighted by Crippen LogP contribution is -2.35. The number of aryl methyl sites for hydroxylation is 1. The van der Waals surface area contributed by atoms with Gasteiger partial charge in [-0.05, 0) is 40.2 Å². The number of halogens is 1. The molecule has 1 aliphatic heterocycles. The molecule has 4 rings (SSSR count). The molecule has 182 valence electrons. The monoisotopic (exact) mass is 546 g/mol. The summed E-state index contributed by atoms with van der Waals surface area (Å²) in [5.74, 6) is 0.700. The molecule has 1 aromatic heterocycles. The maximum Gasteiger partial charge on any atom is 0.340 e. The number of fused-ring (bicyclic) bond motifs is 1. The van der Waals surface area contributed by atoms with Gasteiger partial charge in [-0.2, -0.15) is 0 Å². The summed E-state index contributed by atoms with van der Waals surface area (Å²) in [6.45, 7) is 7.63. The van der Waals surface area contributed by atoms with Gasteiger partial charge in [-0.3, -0.25) is 4.90 Å². The van der Waals surface area contributed by atoms with Gasteiger partial charge < -0.3 is 19.1 Å². The molecular formula is C26H31BrN2O4S. The van der Waals surface area contributed by atoms with Gasteiger partial charge in [0.15, 0.2) is 0 Å². The molecule has 1 aliphatic rings. The van der Waals surface area contributed by atoms with Gasteiger partial charge in [-0.15, -0.1) is 11.8 Å². The van der Waals surface area contributed by atoms with Crippen LogP contribution in [0.2, 0.25) is 0 Å². The number of carbonyl (C=O) groups excluding carboxylic acids is 1. The van der Waals surface area contributed by atoms with E-state index in [1.807, 2.05) is 38.2 Å². The van der Waals surface area contributed by atoms with Gasteiger partial charge in [-0.1, -0.05) is 37.3 Å². The van der Waals surface area contributed by atoms with Crippen LogP contribution in [0.4, 0.5) is 0 Å². The molecule has 1 unspecified atom stereocenters. The molecule has 8 heteroatoms. The van der Waals surface area contributed by atoms with Gasteiger partial charge in [0.05, 0.1) is 46.3 Å². The molecule has 1 atom stereocenters. The lowest BCUT2D eigenvalue weighted by Gasteiger charge is -2.27. The van der Waals surface area contributed by atoms with Gasteiger partial charge in [0, 0.05) is 37.6 Å². The van der Waals surface area contributed by atoms with E-state index in [0.29, 0.717) is 29.8 Å². The number of morpholine rings is 1. The van der Waals surface area contributed by atoms with E-state index in [0.717, 1.165) is 46.6 Å². The van der Waals surface area contributed by atoms with E-state index in [1.165, 1.54) is 0 Å². The second-order valence-corrected chi connectivity index (χ2v) is 10.5. The van der Waals surface area contributed by atoms with Crippen LogP contribution in [0.3, 0.4) is 0 Å². The van der Waals surface area contributed by atoms with E-state index in [2.05, 4.69) is 44.5 Å². The Bertz CT molecular complexity index is 1160. The molecule has 1 fully saturated rings. The number of rotatable bonds is 8. The number of carbonyl (C=O) groups is 1. The normalized spacial score (nSPS) is 15.5. The van der Waals surface area contributed by atoms with Crippen LogP contribution in [-0.4, -0.2) is 59.2 Å². The van der Waals surface area contributed by atoms with Crippen LogP contribution in [0, 0.1) is 0 Å². The Kier molecular flexibility index (Phi) is 8.24. The lowest BCUT2D eigenvalue weighted by molar-refractivity contribution is 0.0340. The Morgan fingerprint density at radius 1 is 1.24 bits per heavy atom. The van der Waals surface area contributed by atoms with Crippen molar-refractivity contribution in [1.82, 2.24) is 9.47 Å². The minimum absolute atomic E-state index is 0.0554. The maximum absolute atomic E-state index is 13.5. The zero-order chi connectivity index (χ0) is 24.2. The number of aromatic hydroxyl groups is 1. The van der Waals surface area contributed by atoms with Crippen molar-refractivity contribution in [1.29, 1.82) is 0 Å². The third-order valence-corrected chi connectivity index (χ3v) is 7.98. The third kappa shape index (κ3) is 4.87. The van der Waals surface area contributed by atoms with Crippen LogP contribution < -0.4 is 0 Å². The van der Waals surface area contributed by atoms with Crippen molar-refractivity contribution in [3.8, 4) is 5.75 Å². The minimum atomic E-state index is -0.356. The molecular weight excluding hydrogens is 516 g/mol. The SMILES string of the molecule is CCOC(=O)c1c(C(SCC)c2ccccc2)n(C)c2cc(Br)c(O)c(CN3CCOCC3)c12. The largest absolute Gasteiger partial charge is 0.506 e. The second-order valence-electron chi connectivity index (χ2n) is 8.25. The molecule has 6 nitrogen and oxygen atoms in total. The third-order valence-electron chi connectivity index (χ3n) is 6.21. The fourth-order valence-corrected chi connectivity index (χ4v) is 6.20. The topological polar surface area (TPSA) is 63.9 Å². The Balaban J connectivity index is 2.00. The summed E-state index contributed by atoms with van der Waals surface area (Å²) in [6.07, 6.45) is 0. The lowest BCUT2D eigenvalue weighted by atomic mass is 10.00. The number of benzene rings is 2. The molecule has 0 aliphatic carbocycles. The molecule has 2 aromatic carbocycles.